The van der Waals surface area contributed by atoms with E-state index in [0.717, 1.165) is 16.1 Å². The summed E-state index contributed by atoms with van der Waals surface area (Å²) in [4.78, 5) is 0. The third kappa shape index (κ3) is 3.56. The number of hydrogen-bond acceptors (Lipinski definition) is 2. The SMILES string of the molecule is O=S1(=O)N(CCCCBr)Cc2cc(F)ccc2N1c1ccccc1F. The molecule has 0 bridgehead atoms. The number of benzene rings is 2. The maximum absolute atomic E-state index is 14.3. The van der Waals surface area contributed by atoms with Gasteiger partial charge in [0, 0.05) is 18.4 Å². The van der Waals surface area contributed by atoms with Crippen LogP contribution in [0.2, 0.25) is 0 Å². The van der Waals surface area contributed by atoms with Gasteiger partial charge in [-0.3, -0.25) is 0 Å². The molecule has 0 aliphatic carbocycles. The molecule has 0 N–H and O–H groups in total. The number of alkyl halides is 1. The van der Waals surface area contributed by atoms with Crippen LogP contribution in [0.15, 0.2) is 42.5 Å². The molecule has 3 rings (SSSR count). The highest BCUT2D eigenvalue weighted by molar-refractivity contribution is 9.09. The molecule has 0 spiro atoms. The first-order valence-corrected chi connectivity index (χ1v) is 10.4. The Morgan fingerprint density at radius 3 is 2.52 bits per heavy atom. The smallest absolute Gasteiger partial charge is 0.222 e. The zero-order chi connectivity index (χ0) is 18.0. The number of fused-ring (bicyclic) bond motifs is 1. The normalized spacial score (nSPS) is 16.7. The molecule has 25 heavy (non-hydrogen) atoms. The van der Waals surface area contributed by atoms with Crippen molar-refractivity contribution in [1.29, 1.82) is 0 Å². The van der Waals surface area contributed by atoms with Crippen LogP contribution in [0.5, 0.6) is 0 Å². The molecule has 0 fully saturated rings. The lowest BCUT2D eigenvalue weighted by Crippen LogP contribution is -2.46. The quantitative estimate of drug-likeness (QED) is 0.522. The van der Waals surface area contributed by atoms with Gasteiger partial charge in [0.1, 0.15) is 11.6 Å². The molecule has 1 heterocycles. The second-order valence-electron chi connectivity index (χ2n) is 5.73. The van der Waals surface area contributed by atoms with Crippen molar-refractivity contribution in [3.05, 3.63) is 59.7 Å². The molecule has 2 aromatic rings. The summed E-state index contributed by atoms with van der Waals surface area (Å²) in [6.45, 7) is 0.359. The molecular weight excluding hydrogens is 414 g/mol. The molecule has 0 aromatic heterocycles. The van der Waals surface area contributed by atoms with Gasteiger partial charge in [-0.25, -0.2) is 13.1 Å². The lowest BCUT2D eigenvalue weighted by atomic mass is 10.1. The van der Waals surface area contributed by atoms with E-state index in [4.69, 9.17) is 0 Å². The predicted octanol–water partition coefficient (Wildman–Crippen LogP) is 4.34. The number of anilines is 2. The maximum atomic E-state index is 14.3. The van der Waals surface area contributed by atoms with Crippen molar-refractivity contribution in [1.82, 2.24) is 4.31 Å². The fraction of sp³-hybridized carbons (Fsp3) is 0.294. The van der Waals surface area contributed by atoms with E-state index in [2.05, 4.69) is 15.9 Å². The van der Waals surface area contributed by atoms with E-state index in [0.29, 0.717) is 12.0 Å². The van der Waals surface area contributed by atoms with E-state index in [9.17, 15) is 17.2 Å². The van der Waals surface area contributed by atoms with Gasteiger partial charge < -0.3 is 0 Å². The lowest BCUT2D eigenvalue weighted by molar-refractivity contribution is 0.391. The van der Waals surface area contributed by atoms with Crippen LogP contribution in [0.4, 0.5) is 20.2 Å². The minimum atomic E-state index is -3.96. The van der Waals surface area contributed by atoms with E-state index in [1.165, 1.54) is 40.7 Å². The number of unbranched alkanes of at least 4 members (excludes halogenated alkanes) is 1. The third-order valence-corrected chi connectivity index (χ3v) is 6.41. The minimum absolute atomic E-state index is 0.0689. The summed E-state index contributed by atoms with van der Waals surface area (Å²) in [5.74, 6) is -1.10. The summed E-state index contributed by atoms with van der Waals surface area (Å²) in [6.07, 6.45) is 1.46. The largest absolute Gasteiger partial charge is 0.308 e. The molecule has 1 aliphatic rings. The van der Waals surface area contributed by atoms with Crippen molar-refractivity contribution in [2.45, 2.75) is 19.4 Å². The Hall–Kier alpha value is -1.51. The summed E-state index contributed by atoms with van der Waals surface area (Å²) < 4.78 is 56.4. The number of nitrogens with zero attached hydrogens (tertiary/aromatic N) is 2. The molecule has 0 amide bonds. The van der Waals surface area contributed by atoms with E-state index in [-0.39, 0.29) is 24.5 Å². The summed E-state index contributed by atoms with van der Waals surface area (Å²) in [5.41, 5.74) is 0.723. The Labute approximate surface area is 154 Å². The summed E-state index contributed by atoms with van der Waals surface area (Å²) in [6, 6.07) is 9.54. The van der Waals surface area contributed by atoms with Crippen LogP contribution in [0, 0.1) is 11.6 Å². The number of rotatable bonds is 5. The van der Waals surface area contributed by atoms with Crippen molar-refractivity contribution in [3.8, 4) is 0 Å². The second kappa shape index (κ2) is 7.39. The molecule has 0 radical (unpaired) electrons. The lowest BCUT2D eigenvalue weighted by Gasteiger charge is -2.37. The van der Waals surface area contributed by atoms with Gasteiger partial charge >= 0.3 is 10.2 Å². The first kappa shape index (κ1) is 18.3. The first-order chi connectivity index (χ1) is 11.9. The Balaban J connectivity index is 2.12. The molecule has 0 unspecified atom stereocenters. The Bertz CT molecular complexity index is 877. The average Bonchev–Trinajstić information content (AvgIpc) is 2.57. The predicted molar refractivity (Wildman–Crippen MR) is 97.3 cm³/mol. The molecule has 8 heteroatoms. The van der Waals surface area contributed by atoms with Crippen molar-refractivity contribution < 1.29 is 17.2 Å². The highest BCUT2D eigenvalue weighted by atomic mass is 79.9. The maximum Gasteiger partial charge on any atom is 0.308 e. The van der Waals surface area contributed by atoms with Crippen LogP contribution in [-0.2, 0) is 16.8 Å². The Morgan fingerprint density at radius 2 is 1.80 bits per heavy atom. The zero-order valence-corrected chi connectivity index (χ0v) is 15.7. The standard InChI is InChI=1S/C17H17BrF2N2O2S/c18-9-3-4-10-21-12-13-11-14(19)7-8-16(13)22(25(21,23)24)17-6-2-1-5-15(17)20/h1-2,5-8,11H,3-4,9-10,12H2. The zero-order valence-electron chi connectivity index (χ0n) is 13.3. The Kier molecular flexibility index (Phi) is 5.41. The van der Waals surface area contributed by atoms with Gasteiger partial charge in [-0.1, -0.05) is 28.1 Å². The third-order valence-electron chi connectivity index (χ3n) is 4.03. The van der Waals surface area contributed by atoms with Crippen molar-refractivity contribution >= 4 is 37.5 Å². The van der Waals surface area contributed by atoms with Crippen LogP contribution in [0.3, 0.4) is 0 Å². The van der Waals surface area contributed by atoms with Gasteiger partial charge in [-0.05, 0) is 48.7 Å². The van der Waals surface area contributed by atoms with Gasteiger partial charge in [-0.15, -0.1) is 0 Å². The van der Waals surface area contributed by atoms with Crippen molar-refractivity contribution in [3.63, 3.8) is 0 Å². The molecule has 4 nitrogen and oxygen atoms in total. The van der Waals surface area contributed by atoms with Crippen LogP contribution < -0.4 is 4.31 Å². The summed E-state index contributed by atoms with van der Waals surface area (Å²) in [7, 11) is -3.96. The average molecular weight is 431 g/mol. The van der Waals surface area contributed by atoms with Gasteiger partial charge in [-0.2, -0.15) is 12.7 Å². The summed E-state index contributed by atoms with van der Waals surface area (Å²) >= 11 is 3.32. The van der Waals surface area contributed by atoms with Crippen LogP contribution in [0.25, 0.3) is 0 Å². The fourth-order valence-corrected chi connectivity index (χ4v) is 4.95. The van der Waals surface area contributed by atoms with Crippen LogP contribution in [0.1, 0.15) is 18.4 Å². The molecular formula is C17H17BrF2N2O2S. The highest BCUT2D eigenvalue weighted by Gasteiger charge is 2.38. The molecule has 1 aliphatic heterocycles. The Morgan fingerprint density at radius 1 is 1.04 bits per heavy atom. The van der Waals surface area contributed by atoms with E-state index >= 15 is 0 Å². The molecule has 134 valence electrons. The van der Waals surface area contributed by atoms with E-state index in [1.807, 2.05) is 0 Å². The van der Waals surface area contributed by atoms with Gasteiger partial charge in [0.05, 0.1) is 11.4 Å². The second-order valence-corrected chi connectivity index (χ2v) is 8.30. The molecule has 0 atom stereocenters. The van der Waals surface area contributed by atoms with Crippen molar-refractivity contribution in [2.24, 2.45) is 0 Å². The molecule has 2 aromatic carbocycles. The fourth-order valence-electron chi connectivity index (χ4n) is 2.84. The van der Waals surface area contributed by atoms with Crippen LogP contribution in [-0.4, -0.2) is 24.6 Å². The number of hydrogen-bond donors (Lipinski definition) is 0. The van der Waals surface area contributed by atoms with E-state index < -0.39 is 21.8 Å². The topological polar surface area (TPSA) is 40.6 Å². The van der Waals surface area contributed by atoms with Crippen LogP contribution >= 0.6 is 15.9 Å². The molecule has 0 saturated carbocycles. The number of halogens is 3. The van der Waals surface area contributed by atoms with Gasteiger partial charge in [0.25, 0.3) is 0 Å². The summed E-state index contributed by atoms with van der Waals surface area (Å²) in [5, 5.41) is 0.767. The van der Waals surface area contributed by atoms with Gasteiger partial charge in [0.2, 0.25) is 0 Å². The highest BCUT2D eigenvalue weighted by Crippen LogP contribution is 2.39. The van der Waals surface area contributed by atoms with Gasteiger partial charge in [0.15, 0.2) is 0 Å². The molecule has 0 saturated heterocycles. The number of para-hydroxylation sites is 1. The first-order valence-electron chi connectivity index (χ1n) is 7.84. The monoisotopic (exact) mass is 430 g/mol. The van der Waals surface area contributed by atoms with Crippen molar-refractivity contribution in [2.75, 3.05) is 16.2 Å². The minimum Gasteiger partial charge on any atom is -0.222 e. The van der Waals surface area contributed by atoms with E-state index in [1.54, 1.807) is 6.07 Å².